The predicted octanol–water partition coefficient (Wildman–Crippen LogP) is 0.147. The van der Waals surface area contributed by atoms with Gasteiger partial charge in [0.05, 0.1) is 6.04 Å². The number of likely N-dealkylation sites (tertiary alicyclic amines) is 1. The van der Waals surface area contributed by atoms with Gasteiger partial charge in [0.1, 0.15) is 0 Å². The monoisotopic (exact) mass is 213 g/mol. The Balaban J connectivity index is 2.26. The highest BCUT2D eigenvalue weighted by atomic mass is 16.2. The zero-order valence-corrected chi connectivity index (χ0v) is 10.3. The molecule has 0 radical (unpaired) electrons. The first kappa shape index (κ1) is 12.5. The van der Waals surface area contributed by atoms with Gasteiger partial charge in [0.15, 0.2) is 0 Å². The standard InChI is InChI=1S/C11H23N3O/c1-9(5-7-13(2)3)12-10-6-8-14(4)11(10)15/h9-10,12H,5-8H2,1-4H3. The molecule has 0 aromatic rings. The van der Waals surface area contributed by atoms with Crippen molar-refractivity contribution in [2.75, 3.05) is 34.2 Å². The van der Waals surface area contributed by atoms with Crippen LogP contribution in [0.2, 0.25) is 0 Å². The fourth-order valence-electron chi connectivity index (χ4n) is 1.86. The topological polar surface area (TPSA) is 35.6 Å². The number of carbonyl (C=O) groups is 1. The van der Waals surface area contributed by atoms with Crippen LogP contribution in [0.5, 0.6) is 0 Å². The number of hydrogen-bond acceptors (Lipinski definition) is 3. The second-order valence-corrected chi connectivity index (χ2v) is 4.76. The van der Waals surface area contributed by atoms with Crippen LogP contribution in [0.25, 0.3) is 0 Å². The summed E-state index contributed by atoms with van der Waals surface area (Å²) in [6.45, 7) is 4.09. The minimum Gasteiger partial charge on any atom is -0.344 e. The van der Waals surface area contributed by atoms with Gasteiger partial charge in [0.25, 0.3) is 0 Å². The zero-order chi connectivity index (χ0) is 11.4. The molecule has 15 heavy (non-hydrogen) atoms. The maximum atomic E-state index is 11.6. The molecule has 2 unspecified atom stereocenters. The van der Waals surface area contributed by atoms with Crippen LogP contribution in [0.15, 0.2) is 0 Å². The van der Waals surface area contributed by atoms with Gasteiger partial charge in [-0.2, -0.15) is 0 Å². The third kappa shape index (κ3) is 3.80. The summed E-state index contributed by atoms with van der Waals surface area (Å²) in [7, 11) is 6.01. The van der Waals surface area contributed by atoms with Crippen LogP contribution in [0, 0.1) is 0 Å². The second-order valence-electron chi connectivity index (χ2n) is 4.76. The quantitative estimate of drug-likeness (QED) is 0.706. The van der Waals surface area contributed by atoms with E-state index in [0.29, 0.717) is 6.04 Å². The van der Waals surface area contributed by atoms with Crippen molar-refractivity contribution in [1.29, 1.82) is 0 Å². The summed E-state index contributed by atoms with van der Waals surface area (Å²) in [6, 6.07) is 0.458. The Hall–Kier alpha value is -0.610. The molecular formula is C11H23N3O. The Morgan fingerprint density at radius 1 is 1.60 bits per heavy atom. The van der Waals surface area contributed by atoms with E-state index in [2.05, 4.69) is 31.2 Å². The summed E-state index contributed by atoms with van der Waals surface area (Å²) in [4.78, 5) is 15.6. The average Bonchev–Trinajstić information content (AvgIpc) is 2.47. The molecule has 1 rings (SSSR count). The molecule has 4 nitrogen and oxygen atoms in total. The average molecular weight is 213 g/mol. The highest BCUT2D eigenvalue weighted by molar-refractivity contribution is 5.83. The van der Waals surface area contributed by atoms with Gasteiger partial charge in [0.2, 0.25) is 5.91 Å². The van der Waals surface area contributed by atoms with Gasteiger partial charge < -0.3 is 15.1 Å². The maximum Gasteiger partial charge on any atom is 0.239 e. The van der Waals surface area contributed by atoms with Crippen LogP contribution in [-0.2, 0) is 4.79 Å². The maximum absolute atomic E-state index is 11.6. The molecule has 1 aliphatic rings. The van der Waals surface area contributed by atoms with Crippen molar-refractivity contribution in [1.82, 2.24) is 15.1 Å². The summed E-state index contributed by atoms with van der Waals surface area (Å²) < 4.78 is 0. The summed E-state index contributed by atoms with van der Waals surface area (Å²) in [5.74, 6) is 0.242. The first-order chi connectivity index (χ1) is 7.00. The Morgan fingerprint density at radius 2 is 2.27 bits per heavy atom. The van der Waals surface area contributed by atoms with E-state index >= 15 is 0 Å². The molecule has 1 amide bonds. The molecule has 0 aromatic heterocycles. The molecule has 1 saturated heterocycles. The van der Waals surface area contributed by atoms with Crippen molar-refractivity contribution in [3.05, 3.63) is 0 Å². The number of amides is 1. The summed E-state index contributed by atoms with van der Waals surface area (Å²) in [5.41, 5.74) is 0. The molecular weight excluding hydrogens is 190 g/mol. The van der Waals surface area contributed by atoms with Gasteiger partial charge in [0, 0.05) is 19.6 Å². The largest absolute Gasteiger partial charge is 0.344 e. The third-order valence-electron chi connectivity index (χ3n) is 2.92. The Labute approximate surface area is 92.6 Å². The normalized spacial score (nSPS) is 23.9. The molecule has 4 heteroatoms. The van der Waals surface area contributed by atoms with E-state index in [1.165, 1.54) is 0 Å². The number of likely N-dealkylation sites (N-methyl/N-ethyl adjacent to an activating group) is 1. The fourth-order valence-corrected chi connectivity index (χ4v) is 1.86. The summed E-state index contributed by atoms with van der Waals surface area (Å²) >= 11 is 0. The minimum atomic E-state index is 0.0483. The van der Waals surface area contributed by atoms with Gasteiger partial charge >= 0.3 is 0 Å². The molecule has 0 saturated carbocycles. The van der Waals surface area contributed by atoms with Crippen LogP contribution in [0.3, 0.4) is 0 Å². The lowest BCUT2D eigenvalue weighted by molar-refractivity contribution is -0.128. The number of nitrogens with zero attached hydrogens (tertiary/aromatic N) is 2. The number of hydrogen-bond donors (Lipinski definition) is 1. The van der Waals surface area contributed by atoms with Gasteiger partial charge in [-0.3, -0.25) is 4.79 Å². The number of carbonyl (C=O) groups excluding carboxylic acids is 1. The Bertz CT molecular complexity index is 218. The molecule has 1 fully saturated rings. The van der Waals surface area contributed by atoms with E-state index in [9.17, 15) is 4.79 Å². The molecule has 0 spiro atoms. The van der Waals surface area contributed by atoms with Crippen LogP contribution in [-0.4, -0.2) is 62.0 Å². The van der Waals surface area contributed by atoms with Gasteiger partial charge in [-0.1, -0.05) is 0 Å². The molecule has 88 valence electrons. The van der Waals surface area contributed by atoms with Crippen molar-refractivity contribution in [2.45, 2.75) is 31.8 Å². The molecule has 0 bridgehead atoms. The summed E-state index contributed by atoms with van der Waals surface area (Å²) in [6.07, 6.45) is 2.03. The molecule has 1 N–H and O–H groups in total. The van der Waals surface area contributed by atoms with Gasteiger partial charge in [-0.05, 0) is 40.4 Å². The van der Waals surface area contributed by atoms with E-state index in [1.807, 2.05) is 7.05 Å². The van der Waals surface area contributed by atoms with Crippen LogP contribution < -0.4 is 5.32 Å². The highest BCUT2D eigenvalue weighted by Crippen LogP contribution is 2.09. The van der Waals surface area contributed by atoms with Gasteiger partial charge in [-0.15, -0.1) is 0 Å². The number of rotatable bonds is 5. The van der Waals surface area contributed by atoms with E-state index in [4.69, 9.17) is 0 Å². The molecule has 2 atom stereocenters. The SMILES string of the molecule is CC(CCN(C)C)NC1CCN(C)C1=O. The first-order valence-corrected chi connectivity index (χ1v) is 5.66. The zero-order valence-electron chi connectivity index (χ0n) is 10.3. The lowest BCUT2D eigenvalue weighted by Gasteiger charge is -2.20. The second kappa shape index (κ2) is 5.47. The highest BCUT2D eigenvalue weighted by Gasteiger charge is 2.29. The van der Waals surface area contributed by atoms with Crippen LogP contribution in [0.1, 0.15) is 19.8 Å². The first-order valence-electron chi connectivity index (χ1n) is 5.66. The fraction of sp³-hybridized carbons (Fsp3) is 0.909. The smallest absolute Gasteiger partial charge is 0.239 e. The minimum absolute atomic E-state index is 0.0483. The van der Waals surface area contributed by atoms with E-state index in [1.54, 1.807) is 4.90 Å². The lowest BCUT2D eigenvalue weighted by Crippen LogP contribution is -2.42. The van der Waals surface area contributed by atoms with Crippen molar-refractivity contribution < 1.29 is 4.79 Å². The van der Waals surface area contributed by atoms with E-state index in [-0.39, 0.29) is 11.9 Å². The Kier molecular flexibility index (Phi) is 4.54. The summed E-state index contributed by atoms with van der Waals surface area (Å²) in [5, 5.41) is 3.40. The Morgan fingerprint density at radius 3 is 2.73 bits per heavy atom. The molecule has 0 aromatic carbocycles. The lowest BCUT2D eigenvalue weighted by atomic mass is 10.1. The van der Waals surface area contributed by atoms with E-state index < -0.39 is 0 Å². The van der Waals surface area contributed by atoms with E-state index in [0.717, 1.165) is 25.9 Å². The van der Waals surface area contributed by atoms with Crippen molar-refractivity contribution in [2.24, 2.45) is 0 Å². The van der Waals surface area contributed by atoms with Crippen molar-refractivity contribution in [3.8, 4) is 0 Å². The molecule has 1 heterocycles. The third-order valence-corrected chi connectivity index (χ3v) is 2.92. The van der Waals surface area contributed by atoms with Crippen LogP contribution in [0.4, 0.5) is 0 Å². The van der Waals surface area contributed by atoms with Crippen molar-refractivity contribution in [3.63, 3.8) is 0 Å². The number of nitrogens with one attached hydrogen (secondary N) is 1. The predicted molar refractivity (Wildman–Crippen MR) is 61.8 cm³/mol. The van der Waals surface area contributed by atoms with Crippen LogP contribution >= 0.6 is 0 Å². The molecule has 0 aliphatic carbocycles. The van der Waals surface area contributed by atoms with Gasteiger partial charge in [-0.25, -0.2) is 0 Å². The molecule has 1 aliphatic heterocycles. The van der Waals surface area contributed by atoms with Crippen molar-refractivity contribution >= 4 is 5.91 Å².